The molecule has 3 amide bonds. The standard InChI is InChI=1S/C21H28N4O5/c1-14(23-19(28)9-7-15-6-8-17(26)18(27)13-15)20(29)25-12-3-5-16(25)21(30)24(2)11-4-10-22/h6,8,13-14,16,26-27H,3-5,7,9,11-12H2,1-2H3,(H,23,28). The van der Waals surface area contributed by atoms with Gasteiger partial charge in [0.05, 0.1) is 12.5 Å². The minimum Gasteiger partial charge on any atom is -0.504 e. The average Bonchev–Trinajstić information content (AvgIpc) is 3.21. The van der Waals surface area contributed by atoms with Gasteiger partial charge in [0.15, 0.2) is 11.5 Å². The van der Waals surface area contributed by atoms with Crippen LogP contribution in [0.25, 0.3) is 0 Å². The SMILES string of the molecule is CC(NC(=O)CCc1ccc(O)c(O)c1)C(=O)N1CCCC1C(=O)N(C)CCC#N. The summed E-state index contributed by atoms with van der Waals surface area (Å²) in [5.41, 5.74) is 0.685. The molecule has 9 nitrogen and oxygen atoms in total. The molecule has 1 aromatic carbocycles. The maximum atomic E-state index is 12.8. The first-order valence-corrected chi connectivity index (χ1v) is 9.97. The zero-order valence-corrected chi connectivity index (χ0v) is 17.3. The number of hydrogen-bond acceptors (Lipinski definition) is 6. The maximum absolute atomic E-state index is 12.8. The second-order valence-electron chi connectivity index (χ2n) is 7.47. The van der Waals surface area contributed by atoms with Gasteiger partial charge in [-0.15, -0.1) is 0 Å². The number of benzene rings is 1. The number of amides is 3. The highest BCUT2D eigenvalue weighted by molar-refractivity contribution is 5.92. The van der Waals surface area contributed by atoms with Crippen LogP contribution >= 0.6 is 0 Å². The van der Waals surface area contributed by atoms with E-state index in [9.17, 15) is 24.6 Å². The minimum atomic E-state index is -0.775. The van der Waals surface area contributed by atoms with E-state index in [1.807, 2.05) is 6.07 Å². The van der Waals surface area contributed by atoms with Gasteiger partial charge in [0.2, 0.25) is 17.7 Å². The second kappa shape index (κ2) is 10.5. The molecule has 9 heteroatoms. The number of carbonyl (C=O) groups excluding carboxylic acids is 3. The Kier molecular flexibility index (Phi) is 8.04. The molecule has 1 aliphatic rings. The van der Waals surface area contributed by atoms with Gasteiger partial charge in [-0.2, -0.15) is 5.26 Å². The smallest absolute Gasteiger partial charge is 0.245 e. The molecule has 1 saturated heterocycles. The van der Waals surface area contributed by atoms with E-state index in [0.717, 1.165) is 0 Å². The Morgan fingerprint density at radius 2 is 2.07 bits per heavy atom. The Morgan fingerprint density at radius 1 is 1.33 bits per heavy atom. The Balaban J connectivity index is 1.89. The van der Waals surface area contributed by atoms with Crippen molar-refractivity contribution >= 4 is 17.7 Å². The van der Waals surface area contributed by atoms with E-state index in [0.29, 0.717) is 37.9 Å². The predicted octanol–water partition coefficient (Wildman–Crippen LogP) is 0.898. The molecule has 2 unspecified atom stereocenters. The van der Waals surface area contributed by atoms with Gasteiger partial charge in [-0.1, -0.05) is 6.07 Å². The van der Waals surface area contributed by atoms with Crippen molar-refractivity contribution in [1.82, 2.24) is 15.1 Å². The lowest BCUT2D eigenvalue weighted by molar-refractivity contribution is -0.144. The number of phenols is 2. The van der Waals surface area contributed by atoms with Gasteiger partial charge >= 0.3 is 0 Å². The number of aryl methyl sites for hydroxylation is 1. The van der Waals surface area contributed by atoms with Gasteiger partial charge in [-0.05, 0) is 43.9 Å². The fraction of sp³-hybridized carbons (Fsp3) is 0.524. The van der Waals surface area contributed by atoms with Crippen LogP contribution in [-0.4, -0.2) is 70.0 Å². The minimum absolute atomic E-state index is 0.112. The third kappa shape index (κ3) is 5.86. The van der Waals surface area contributed by atoms with Gasteiger partial charge in [0.25, 0.3) is 0 Å². The summed E-state index contributed by atoms with van der Waals surface area (Å²) in [4.78, 5) is 40.7. The van der Waals surface area contributed by atoms with Crippen LogP contribution in [0.4, 0.5) is 0 Å². The van der Waals surface area contributed by atoms with Gasteiger partial charge in [0, 0.05) is 26.6 Å². The van der Waals surface area contributed by atoms with E-state index in [2.05, 4.69) is 5.32 Å². The number of carbonyl (C=O) groups is 3. The quantitative estimate of drug-likeness (QED) is 0.539. The van der Waals surface area contributed by atoms with Crippen LogP contribution in [0.1, 0.15) is 38.2 Å². The molecule has 0 bridgehead atoms. The zero-order chi connectivity index (χ0) is 22.3. The first-order chi connectivity index (χ1) is 14.2. The molecule has 0 aliphatic carbocycles. The Bertz CT molecular complexity index is 835. The second-order valence-corrected chi connectivity index (χ2v) is 7.47. The van der Waals surface area contributed by atoms with Crippen molar-refractivity contribution in [3.05, 3.63) is 23.8 Å². The van der Waals surface area contributed by atoms with Crippen LogP contribution in [0.5, 0.6) is 11.5 Å². The van der Waals surface area contributed by atoms with Gasteiger partial charge in [-0.3, -0.25) is 14.4 Å². The lowest BCUT2D eigenvalue weighted by atomic mass is 10.1. The lowest BCUT2D eigenvalue weighted by Crippen LogP contribution is -2.52. The van der Waals surface area contributed by atoms with Crippen molar-refractivity contribution in [1.29, 1.82) is 5.26 Å². The third-order valence-corrected chi connectivity index (χ3v) is 5.18. The van der Waals surface area contributed by atoms with Crippen molar-refractivity contribution < 1.29 is 24.6 Å². The molecule has 0 spiro atoms. The van der Waals surface area contributed by atoms with Crippen molar-refractivity contribution in [3.63, 3.8) is 0 Å². The summed E-state index contributed by atoms with van der Waals surface area (Å²) in [7, 11) is 1.62. The summed E-state index contributed by atoms with van der Waals surface area (Å²) >= 11 is 0. The number of phenolic OH excluding ortho intramolecular Hbond substituents is 2. The number of aromatic hydroxyl groups is 2. The fourth-order valence-electron chi connectivity index (χ4n) is 3.48. The number of likely N-dealkylation sites (N-methyl/N-ethyl adjacent to an activating group) is 1. The highest BCUT2D eigenvalue weighted by atomic mass is 16.3. The van der Waals surface area contributed by atoms with Crippen LogP contribution in [0, 0.1) is 11.3 Å². The van der Waals surface area contributed by atoms with Gasteiger partial charge < -0.3 is 25.3 Å². The zero-order valence-electron chi connectivity index (χ0n) is 17.3. The third-order valence-electron chi connectivity index (χ3n) is 5.18. The molecule has 3 N–H and O–H groups in total. The Hall–Kier alpha value is -3.28. The van der Waals surface area contributed by atoms with Gasteiger partial charge in [-0.25, -0.2) is 0 Å². The molecule has 1 heterocycles. The van der Waals surface area contributed by atoms with Crippen LogP contribution < -0.4 is 5.32 Å². The predicted molar refractivity (Wildman–Crippen MR) is 108 cm³/mol. The van der Waals surface area contributed by atoms with Crippen molar-refractivity contribution in [2.45, 2.75) is 51.1 Å². The van der Waals surface area contributed by atoms with Crippen LogP contribution in [0.15, 0.2) is 18.2 Å². The first-order valence-electron chi connectivity index (χ1n) is 9.97. The van der Waals surface area contributed by atoms with Crippen LogP contribution in [-0.2, 0) is 20.8 Å². The van der Waals surface area contributed by atoms with E-state index in [4.69, 9.17) is 5.26 Å². The molecule has 162 valence electrons. The van der Waals surface area contributed by atoms with E-state index in [1.165, 1.54) is 21.9 Å². The summed E-state index contributed by atoms with van der Waals surface area (Å²) in [6.07, 6.45) is 1.95. The average molecular weight is 416 g/mol. The molecule has 30 heavy (non-hydrogen) atoms. The fourth-order valence-corrected chi connectivity index (χ4v) is 3.48. The molecule has 1 aromatic rings. The molecular weight excluding hydrogens is 388 g/mol. The number of nitriles is 1. The number of hydrogen-bond donors (Lipinski definition) is 3. The van der Waals surface area contributed by atoms with E-state index < -0.39 is 12.1 Å². The summed E-state index contributed by atoms with van der Waals surface area (Å²) in [5.74, 6) is -1.30. The molecule has 1 aliphatic heterocycles. The van der Waals surface area contributed by atoms with Crippen molar-refractivity contribution in [2.24, 2.45) is 0 Å². The lowest BCUT2D eigenvalue weighted by Gasteiger charge is -2.29. The highest BCUT2D eigenvalue weighted by Gasteiger charge is 2.37. The normalized spacial score (nSPS) is 16.6. The van der Waals surface area contributed by atoms with E-state index >= 15 is 0 Å². The monoisotopic (exact) mass is 416 g/mol. The summed E-state index contributed by atoms with van der Waals surface area (Å²) in [5, 5.41) is 30.2. The van der Waals surface area contributed by atoms with Crippen molar-refractivity contribution in [2.75, 3.05) is 20.1 Å². The number of nitrogens with one attached hydrogen (secondary N) is 1. The highest BCUT2D eigenvalue weighted by Crippen LogP contribution is 2.25. The maximum Gasteiger partial charge on any atom is 0.245 e. The molecule has 0 radical (unpaired) electrons. The molecule has 1 fully saturated rings. The Labute approximate surface area is 175 Å². The van der Waals surface area contributed by atoms with E-state index in [-0.39, 0.29) is 42.1 Å². The summed E-state index contributed by atoms with van der Waals surface area (Å²) in [6.45, 7) is 2.35. The number of nitrogens with zero attached hydrogens (tertiary/aromatic N) is 3. The number of likely N-dealkylation sites (tertiary alicyclic amines) is 1. The van der Waals surface area contributed by atoms with Gasteiger partial charge in [0.1, 0.15) is 12.1 Å². The largest absolute Gasteiger partial charge is 0.504 e. The first kappa shape index (κ1) is 23.0. The van der Waals surface area contributed by atoms with E-state index in [1.54, 1.807) is 20.0 Å². The molecular formula is C21H28N4O5. The molecule has 2 rings (SSSR count). The molecule has 2 atom stereocenters. The Morgan fingerprint density at radius 3 is 2.73 bits per heavy atom. The molecule has 0 aromatic heterocycles. The summed E-state index contributed by atoms with van der Waals surface area (Å²) < 4.78 is 0. The van der Waals surface area contributed by atoms with Crippen LogP contribution in [0.3, 0.4) is 0 Å². The topological polar surface area (TPSA) is 134 Å². The number of rotatable bonds is 8. The van der Waals surface area contributed by atoms with Crippen LogP contribution in [0.2, 0.25) is 0 Å². The summed E-state index contributed by atoms with van der Waals surface area (Å²) in [6, 6.07) is 5.01. The van der Waals surface area contributed by atoms with Crippen molar-refractivity contribution in [3.8, 4) is 17.6 Å². The molecule has 0 saturated carbocycles.